The summed E-state index contributed by atoms with van der Waals surface area (Å²) in [5.74, 6) is -0.0603. The lowest BCUT2D eigenvalue weighted by atomic mass is 10.0. The van der Waals surface area contributed by atoms with Gasteiger partial charge in [-0.3, -0.25) is 4.57 Å². The first kappa shape index (κ1) is 22.7. The molecular formula is C35H20F2N2O. The molecule has 0 N–H and O–H groups in total. The standard InChI is InChI=1S/C35H20F2N2O/c36-29-12-4-3-9-25(29)23-16-18-26-27-10-5-11-28(34(27)40-32(26)20-23)35-38-31-14-6-13-30(37)33(31)39(35)24-17-15-21-7-1-2-8-22(21)19-24/h1-20H. The van der Waals surface area contributed by atoms with Crippen molar-refractivity contribution in [2.45, 2.75) is 0 Å². The Balaban J connectivity index is 1.40. The molecule has 0 aliphatic carbocycles. The largest absolute Gasteiger partial charge is 0.455 e. The molecule has 6 aromatic carbocycles. The highest BCUT2D eigenvalue weighted by atomic mass is 19.1. The minimum absolute atomic E-state index is 0.287. The summed E-state index contributed by atoms with van der Waals surface area (Å²) in [7, 11) is 0. The van der Waals surface area contributed by atoms with Crippen molar-refractivity contribution < 1.29 is 13.2 Å². The van der Waals surface area contributed by atoms with Crippen molar-refractivity contribution >= 4 is 43.7 Å². The zero-order chi connectivity index (χ0) is 26.8. The highest BCUT2D eigenvalue weighted by molar-refractivity contribution is 6.10. The number of aromatic nitrogens is 2. The molecule has 2 aromatic heterocycles. The van der Waals surface area contributed by atoms with Crippen molar-refractivity contribution in [2.24, 2.45) is 0 Å². The SMILES string of the molecule is Fc1ccccc1-c1ccc2c(c1)oc1c(-c3nc4cccc(F)c4n3-c3ccc4ccccc4c3)cccc12. The van der Waals surface area contributed by atoms with Crippen molar-refractivity contribution in [2.75, 3.05) is 0 Å². The van der Waals surface area contributed by atoms with Gasteiger partial charge < -0.3 is 4.42 Å². The van der Waals surface area contributed by atoms with E-state index in [-0.39, 0.29) is 11.6 Å². The molecule has 0 fully saturated rings. The number of hydrogen-bond acceptors (Lipinski definition) is 2. The molecule has 0 saturated heterocycles. The van der Waals surface area contributed by atoms with E-state index in [4.69, 9.17) is 9.40 Å². The quantitative estimate of drug-likeness (QED) is 0.231. The molecule has 190 valence electrons. The summed E-state index contributed by atoms with van der Waals surface area (Å²) in [6, 6.07) is 37.4. The zero-order valence-electron chi connectivity index (χ0n) is 21.1. The second kappa shape index (κ2) is 8.61. The summed E-state index contributed by atoms with van der Waals surface area (Å²) in [4.78, 5) is 4.91. The van der Waals surface area contributed by atoms with E-state index in [1.165, 1.54) is 12.1 Å². The van der Waals surface area contributed by atoms with Gasteiger partial charge in [-0.05, 0) is 64.9 Å². The number of benzene rings is 6. The fourth-order valence-electron chi connectivity index (χ4n) is 5.67. The maximum absolute atomic E-state index is 15.4. The molecule has 0 atom stereocenters. The fraction of sp³-hybridized carbons (Fsp3) is 0. The third kappa shape index (κ3) is 3.38. The second-order valence-electron chi connectivity index (χ2n) is 9.88. The third-order valence-corrected chi connectivity index (χ3v) is 7.54. The first-order chi connectivity index (χ1) is 19.7. The Hall–Kier alpha value is -5.29. The predicted molar refractivity (Wildman–Crippen MR) is 157 cm³/mol. The Bertz CT molecular complexity index is 2260. The Labute approximate surface area is 227 Å². The number of halogens is 2. The van der Waals surface area contributed by atoms with E-state index in [0.29, 0.717) is 33.6 Å². The van der Waals surface area contributed by atoms with Gasteiger partial charge in [0.15, 0.2) is 0 Å². The van der Waals surface area contributed by atoms with Crippen LogP contribution in [0.25, 0.3) is 71.9 Å². The van der Waals surface area contributed by atoms with Crippen LogP contribution in [-0.4, -0.2) is 9.55 Å². The molecule has 0 amide bonds. The van der Waals surface area contributed by atoms with E-state index < -0.39 is 0 Å². The fourth-order valence-corrected chi connectivity index (χ4v) is 5.67. The number of para-hydroxylation sites is 2. The zero-order valence-corrected chi connectivity index (χ0v) is 21.1. The van der Waals surface area contributed by atoms with Crippen molar-refractivity contribution in [3.8, 4) is 28.2 Å². The molecule has 0 unspecified atom stereocenters. The van der Waals surface area contributed by atoms with E-state index in [1.807, 2.05) is 89.5 Å². The van der Waals surface area contributed by atoms with Crippen LogP contribution >= 0.6 is 0 Å². The molecule has 8 aromatic rings. The van der Waals surface area contributed by atoms with Crippen LogP contribution in [0.2, 0.25) is 0 Å². The van der Waals surface area contributed by atoms with Crippen LogP contribution in [0.5, 0.6) is 0 Å². The monoisotopic (exact) mass is 522 g/mol. The summed E-state index contributed by atoms with van der Waals surface area (Å²) in [6.45, 7) is 0. The number of imidazole rings is 1. The first-order valence-electron chi connectivity index (χ1n) is 13.0. The molecule has 0 aliphatic heterocycles. The molecule has 40 heavy (non-hydrogen) atoms. The summed E-state index contributed by atoms with van der Waals surface area (Å²) in [6.07, 6.45) is 0. The topological polar surface area (TPSA) is 31.0 Å². The van der Waals surface area contributed by atoms with Gasteiger partial charge in [0.25, 0.3) is 0 Å². The highest BCUT2D eigenvalue weighted by Crippen LogP contribution is 2.39. The molecule has 0 bridgehead atoms. The van der Waals surface area contributed by atoms with E-state index in [9.17, 15) is 4.39 Å². The van der Waals surface area contributed by atoms with Crippen molar-refractivity contribution in [3.05, 3.63) is 133 Å². The average molecular weight is 523 g/mol. The van der Waals surface area contributed by atoms with Crippen LogP contribution in [0.15, 0.2) is 126 Å². The van der Waals surface area contributed by atoms with E-state index in [0.717, 1.165) is 38.4 Å². The molecule has 5 heteroatoms. The van der Waals surface area contributed by atoms with Crippen LogP contribution in [0, 0.1) is 11.6 Å². The number of furan rings is 1. The van der Waals surface area contributed by atoms with E-state index in [2.05, 4.69) is 6.07 Å². The number of rotatable bonds is 3. The van der Waals surface area contributed by atoms with Crippen LogP contribution in [-0.2, 0) is 0 Å². The Morgan fingerprint density at radius 2 is 1.38 bits per heavy atom. The molecule has 2 heterocycles. The van der Waals surface area contributed by atoms with Gasteiger partial charge in [0.1, 0.15) is 34.1 Å². The molecular weight excluding hydrogens is 502 g/mol. The van der Waals surface area contributed by atoms with E-state index in [1.54, 1.807) is 18.2 Å². The molecule has 0 spiro atoms. The van der Waals surface area contributed by atoms with Gasteiger partial charge in [-0.2, -0.15) is 0 Å². The molecule has 0 saturated carbocycles. The maximum Gasteiger partial charge on any atom is 0.149 e. The molecule has 8 rings (SSSR count). The van der Waals surface area contributed by atoms with Gasteiger partial charge in [0.2, 0.25) is 0 Å². The van der Waals surface area contributed by atoms with Gasteiger partial charge in [-0.25, -0.2) is 13.8 Å². The smallest absolute Gasteiger partial charge is 0.149 e. The lowest BCUT2D eigenvalue weighted by molar-refractivity contribution is 0.631. The lowest BCUT2D eigenvalue weighted by Crippen LogP contribution is -1.99. The lowest BCUT2D eigenvalue weighted by Gasteiger charge is -2.11. The second-order valence-corrected chi connectivity index (χ2v) is 9.88. The van der Waals surface area contributed by atoms with Crippen molar-refractivity contribution in [1.29, 1.82) is 0 Å². The van der Waals surface area contributed by atoms with E-state index >= 15 is 4.39 Å². The van der Waals surface area contributed by atoms with Crippen LogP contribution in [0.3, 0.4) is 0 Å². The Morgan fingerprint density at radius 1 is 0.600 bits per heavy atom. The maximum atomic E-state index is 15.4. The van der Waals surface area contributed by atoms with Crippen LogP contribution < -0.4 is 0 Å². The van der Waals surface area contributed by atoms with Gasteiger partial charge >= 0.3 is 0 Å². The molecule has 0 aliphatic rings. The summed E-state index contributed by atoms with van der Waals surface area (Å²) < 4.78 is 38.2. The molecule has 0 radical (unpaired) electrons. The van der Waals surface area contributed by atoms with Crippen molar-refractivity contribution in [3.63, 3.8) is 0 Å². The average Bonchev–Trinajstić information content (AvgIpc) is 3.56. The predicted octanol–water partition coefficient (Wildman–Crippen LogP) is 9.69. The molecule has 3 nitrogen and oxygen atoms in total. The first-order valence-corrected chi connectivity index (χ1v) is 13.0. The normalized spacial score (nSPS) is 11.8. The van der Waals surface area contributed by atoms with Crippen molar-refractivity contribution in [1.82, 2.24) is 9.55 Å². The summed E-state index contributed by atoms with van der Waals surface area (Å²) in [5.41, 5.74) is 5.03. The Morgan fingerprint density at radius 3 is 2.27 bits per heavy atom. The van der Waals surface area contributed by atoms with Crippen LogP contribution in [0.4, 0.5) is 8.78 Å². The van der Waals surface area contributed by atoms with Gasteiger partial charge in [-0.1, -0.05) is 72.8 Å². The summed E-state index contributed by atoms with van der Waals surface area (Å²) in [5, 5.41) is 3.97. The number of fused-ring (bicyclic) bond motifs is 5. The van der Waals surface area contributed by atoms with Gasteiger partial charge in [0.05, 0.1) is 11.1 Å². The van der Waals surface area contributed by atoms with Crippen LogP contribution in [0.1, 0.15) is 0 Å². The summed E-state index contributed by atoms with van der Waals surface area (Å²) >= 11 is 0. The minimum Gasteiger partial charge on any atom is -0.455 e. The Kier molecular flexibility index (Phi) is 4.88. The minimum atomic E-state index is -0.351. The third-order valence-electron chi connectivity index (χ3n) is 7.54. The number of nitrogens with zero attached hydrogens (tertiary/aromatic N) is 2. The number of hydrogen-bond donors (Lipinski definition) is 0. The van der Waals surface area contributed by atoms with Gasteiger partial charge in [-0.15, -0.1) is 0 Å². The van der Waals surface area contributed by atoms with Gasteiger partial charge in [0, 0.05) is 22.0 Å². The highest BCUT2D eigenvalue weighted by Gasteiger charge is 2.22.